The molecule has 1 aromatic rings. The van der Waals surface area contributed by atoms with E-state index in [2.05, 4.69) is 9.97 Å². The van der Waals surface area contributed by atoms with Crippen LogP contribution in [0.4, 0.5) is 0 Å². The Labute approximate surface area is 100 Å². The average molecular weight is 234 g/mol. The summed E-state index contributed by atoms with van der Waals surface area (Å²) < 4.78 is 0. The van der Waals surface area contributed by atoms with Crippen molar-refractivity contribution in [3.63, 3.8) is 0 Å². The molecule has 2 aliphatic rings. The molecule has 3 N–H and O–H groups in total. The maximum absolute atomic E-state index is 12.1. The molecule has 17 heavy (non-hydrogen) atoms. The molecule has 5 heteroatoms. The zero-order valence-corrected chi connectivity index (χ0v) is 9.85. The van der Waals surface area contributed by atoms with Gasteiger partial charge in [0, 0.05) is 31.0 Å². The van der Waals surface area contributed by atoms with Crippen molar-refractivity contribution in [2.45, 2.75) is 31.2 Å². The minimum Gasteiger partial charge on any atom is -0.348 e. The van der Waals surface area contributed by atoms with Gasteiger partial charge in [-0.2, -0.15) is 0 Å². The molecule has 0 radical (unpaired) electrons. The first-order chi connectivity index (χ1) is 8.17. The number of rotatable bonds is 2. The Bertz CT molecular complexity index is 416. The molecule has 1 aliphatic carbocycles. The van der Waals surface area contributed by atoms with Gasteiger partial charge in [0.2, 0.25) is 5.91 Å². The number of likely N-dealkylation sites (tertiary alicyclic amines) is 1. The number of carbonyl (C=O) groups excluding carboxylic acids is 1. The van der Waals surface area contributed by atoms with Gasteiger partial charge in [-0.05, 0) is 18.8 Å². The van der Waals surface area contributed by atoms with E-state index in [1.807, 2.05) is 4.90 Å². The number of H-pyrrole nitrogens is 1. The molecule has 1 amide bonds. The van der Waals surface area contributed by atoms with E-state index in [0.717, 1.165) is 25.3 Å². The van der Waals surface area contributed by atoms with Crippen LogP contribution in [0, 0.1) is 5.92 Å². The van der Waals surface area contributed by atoms with Gasteiger partial charge in [-0.25, -0.2) is 4.98 Å². The van der Waals surface area contributed by atoms with Crippen LogP contribution in [0.3, 0.4) is 0 Å². The summed E-state index contributed by atoms with van der Waals surface area (Å²) in [4.78, 5) is 21.0. The fourth-order valence-corrected chi connectivity index (χ4v) is 3.18. The number of hydrogen-bond donors (Lipinski definition) is 2. The first kappa shape index (κ1) is 10.8. The molecule has 92 valence electrons. The highest BCUT2D eigenvalue weighted by atomic mass is 16.2. The first-order valence-electron chi connectivity index (χ1n) is 6.22. The Morgan fingerprint density at radius 2 is 2.59 bits per heavy atom. The van der Waals surface area contributed by atoms with Gasteiger partial charge in [-0.1, -0.05) is 6.42 Å². The quantitative estimate of drug-likeness (QED) is 0.772. The highest BCUT2D eigenvalue weighted by molar-refractivity contribution is 5.78. The zero-order chi connectivity index (χ0) is 11.9. The zero-order valence-electron chi connectivity index (χ0n) is 9.85. The number of amides is 1. The summed E-state index contributed by atoms with van der Waals surface area (Å²) >= 11 is 0. The van der Waals surface area contributed by atoms with Crippen LogP contribution in [0.2, 0.25) is 0 Å². The van der Waals surface area contributed by atoms with E-state index < -0.39 is 0 Å². The van der Waals surface area contributed by atoms with Gasteiger partial charge in [0.1, 0.15) is 5.82 Å². The second-order valence-corrected chi connectivity index (χ2v) is 5.31. The van der Waals surface area contributed by atoms with Crippen LogP contribution in [-0.4, -0.2) is 39.4 Å². The fraction of sp³-hybridized carbons (Fsp3) is 0.667. The third-order valence-electron chi connectivity index (χ3n) is 4.16. The van der Waals surface area contributed by atoms with Crippen LogP contribution in [0.15, 0.2) is 12.4 Å². The highest BCUT2D eigenvalue weighted by Gasteiger charge is 2.47. The topological polar surface area (TPSA) is 75.0 Å². The molecule has 3 rings (SSSR count). The molecule has 1 saturated heterocycles. The molecule has 2 atom stereocenters. The lowest BCUT2D eigenvalue weighted by atomic mass is 9.92. The van der Waals surface area contributed by atoms with Crippen molar-refractivity contribution in [1.82, 2.24) is 14.9 Å². The first-order valence-corrected chi connectivity index (χ1v) is 6.22. The Balaban J connectivity index is 1.65. The van der Waals surface area contributed by atoms with Crippen LogP contribution in [0.25, 0.3) is 0 Å². The van der Waals surface area contributed by atoms with Gasteiger partial charge in [0.25, 0.3) is 0 Å². The lowest BCUT2D eigenvalue weighted by molar-refractivity contribution is -0.129. The minimum atomic E-state index is -0.112. The van der Waals surface area contributed by atoms with Crippen molar-refractivity contribution < 1.29 is 4.79 Å². The molecule has 2 fully saturated rings. The van der Waals surface area contributed by atoms with Crippen molar-refractivity contribution >= 4 is 5.91 Å². The van der Waals surface area contributed by atoms with Gasteiger partial charge in [-0.15, -0.1) is 0 Å². The van der Waals surface area contributed by atoms with E-state index in [9.17, 15) is 4.79 Å². The second kappa shape index (κ2) is 3.84. The molecule has 2 unspecified atom stereocenters. The number of hydrogen-bond acceptors (Lipinski definition) is 3. The smallest absolute Gasteiger partial charge is 0.230 e. The highest BCUT2D eigenvalue weighted by Crippen LogP contribution is 2.39. The summed E-state index contributed by atoms with van der Waals surface area (Å²) in [6, 6.07) is 0. The van der Waals surface area contributed by atoms with E-state index in [1.165, 1.54) is 12.8 Å². The lowest BCUT2D eigenvalue weighted by Crippen LogP contribution is -2.45. The normalized spacial score (nSPS) is 31.8. The van der Waals surface area contributed by atoms with E-state index in [-0.39, 0.29) is 11.4 Å². The molecule has 1 aliphatic heterocycles. The predicted octanol–water partition coefficient (Wildman–Crippen LogP) is 0.292. The Kier molecular flexibility index (Phi) is 2.43. The number of fused-ring (bicyclic) bond motifs is 1. The molecule has 1 saturated carbocycles. The Morgan fingerprint density at radius 3 is 3.29 bits per heavy atom. The fourth-order valence-electron chi connectivity index (χ4n) is 3.18. The van der Waals surface area contributed by atoms with Crippen LogP contribution in [-0.2, 0) is 11.2 Å². The molecule has 2 heterocycles. The Hall–Kier alpha value is -1.36. The summed E-state index contributed by atoms with van der Waals surface area (Å²) in [5.41, 5.74) is 6.24. The van der Waals surface area contributed by atoms with Gasteiger partial charge >= 0.3 is 0 Å². The van der Waals surface area contributed by atoms with Crippen LogP contribution in [0.1, 0.15) is 25.1 Å². The minimum absolute atomic E-state index is 0.112. The van der Waals surface area contributed by atoms with Crippen LogP contribution >= 0.6 is 0 Å². The third-order valence-corrected chi connectivity index (χ3v) is 4.16. The maximum Gasteiger partial charge on any atom is 0.230 e. The molecular weight excluding hydrogens is 216 g/mol. The van der Waals surface area contributed by atoms with E-state index >= 15 is 0 Å². The van der Waals surface area contributed by atoms with E-state index in [0.29, 0.717) is 12.3 Å². The molecule has 0 aromatic carbocycles. The van der Waals surface area contributed by atoms with Gasteiger partial charge in [0.05, 0.1) is 6.42 Å². The largest absolute Gasteiger partial charge is 0.348 e. The van der Waals surface area contributed by atoms with E-state index in [1.54, 1.807) is 12.4 Å². The third kappa shape index (κ3) is 1.84. The van der Waals surface area contributed by atoms with Gasteiger partial charge < -0.3 is 15.6 Å². The molecule has 1 aromatic heterocycles. The number of aromatic nitrogens is 2. The molecule has 0 bridgehead atoms. The lowest BCUT2D eigenvalue weighted by Gasteiger charge is -2.22. The number of aromatic amines is 1. The number of carbonyl (C=O) groups is 1. The van der Waals surface area contributed by atoms with Gasteiger partial charge in [-0.3, -0.25) is 4.79 Å². The standard InChI is InChI=1S/C12H18N4O/c13-12-3-1-2-9(12)7-16(8-12)11(17)6-10-14-4-5-15-10/h4-5,9H,1-3,6-8,13H2,(H,14,15). The summed E-state index contributed by atoms with van der Waals surface area (Å²) in [7, 11) is 0. The van der Waals surface area contributed by atoms with Gasteiger partial charge in [0.15, 0.2) is 0 Å². The predicted molar refractivity (Wildman–Crippen MR) is 63.1 cm³/mol. The second-order valence-electron chi connectivity index (χ2n) is 5.31. The number of nitrogens with one attached hydrogen (secondary N) is 1. The Morgan fingerprint density at radius 1 is 1.71 bits per heavy atom. The molecular formula is C12H18N4O. The number of nitrogens with zero attached hydrogens (tertiary/aromatic N) is 2. The summed E-state index contributed by atoms with van der Waals surface area (Å²) in [5, 5.41) is 0. The number of imidazole rings is 1. The summed E-state index contributed by atoms with van der Waals surface area (Å²) in [5.74, 6) is 1.38. The number of nitrogens with two attached hydrogens (primary N) is 1. The van der Waals surface area contributed by atoms with E-state index in [4.69, 9.17) is 5.73 Å². The average Bonchev–Trinajstić information content (AvgIpc) is 2.92. The van der Waals surface area contributed by atoms with Crippen molar-refractivity contribution in [2.75, 3.05) is 13.1 Å². The SMILES string of the molecule is NC12CCCC1CN(C(=O)Cc1ncc[nH]1)C2. The van der Waals surface area contributed by atoms with Crippen molar-refractivity contribution in [1.29, 1.82) is 0 Å². The van der Waals surface area contributed by atoms with Crippen molar-refractivity contribution in [3.8, 4) is 0 Å². The van der Waals surface area contributed by atoms with Crippen LogP contribution < -0.4 is 5.73 Å². The van der Waals surface area contributed by atoms with Crippen molar-refractivity contribution in [3.05, 3.63) is 18.2 Å². The van der Waals surface area contributed by atoms with Crippen molar-refractivity contribution in [2.24, 2.45) is 11.7 Å². The summed E-state index contributed by atoms with van der Waals surface area (Å²) in [6.45, 7) is 1.55. The molecule has 0 spiro atoms. The maximum atomic E-state index is 12.1. The van der Waals surface area contributed by atoms with Crippen LogP contribution in [0.5, 0.6) is 0 Å². The summed E-state index contributed by atoms with van der Waals surface area (Å²) in [6.07, 6.45) is 7.21. The molecule has 5 nitrogen and oxygen atoms in total. The monoisotopic (exact) mass is 234 g/mol.